The number of aliphatic hydroxyl groups is 1. The van der Waals surface area contributed by atoms with Crippen LogP contribution in [0.2, 0.25) is 0 Å². The second-order valence-electron chi connectivity index (χ2n) is 7.20. The summed E-state index contributed by atoms with van der Waals surface area (Å²) in [6, 6.07) is 3.96. The smallest absolute Gasteiger partial charge is 0.304 e. The fourth-order valence-electron chi connectivity index (χ4n) is 3.90. The molecule has 7 heteroatoms. The maximum absolute atomic E-state index is 13.6. The average molecular weight is 356 g/mol. The van der Waals surface area contributed by atoms with Crippen LogP contribution in [-0.4, -0.2) is 37.5 Å². The van der Waals surface area contributed by atoms with Gasteiger partial charge in [-0.15, -0.1) is 0 Å². The molecule has 1 fully saturated rings. The Morgan fingerprint density at radius 2 is 1.88 bits per heavy atom. The molecular weight excluding hydrogens is 331 g/mol. The minimum atomic E-state index is -3.69. The first-order chi connectivity index (χ1) is 11.3. The first kappa shape index (κ1) is 17.6. The van der Waals surface area contributed by atoms with E-state index >= 15 is 0 Å². The zero-order chi connectivity index (χ0) is 17.5. The van der Waals surface area contributed by atoms with Gasteiger partial charge in [0, 0.05) is 25.2 Å². The van der Waals surface area contributed by atoms with Gasteiger partial charge >= 0.3 is 10.2 Å². The molecule has 0 bridgehead atoms. The number of benzene rings is 1. The number of fused-ring (bicyclic) bond motifs is 1. The Bertz CT molecular complexity index is 700. The van der Waals surface area contributed by atoms with Crippen molar-refractivity contribution in [3.8, 4) is 0 Å². The molecule has 0 saturated carbocycles. The van der Waals surface area contributed by atoms with Gasteiger partial charge in [-0.3, -0.25) is 4.31 Å². The monoisotopic (exact) mass is 356 g/mol. The van der Waals surface area contributed by atoms with Crippen LogP contribution in [0.3, 0.4) is 0 Å². The van der Waals surface area contributed by atoms with Crippen molar-refractivity contribution in [3.05, 3.63) is 29.6 Å². The quantitative estimate of drug-likeness (QED) is 0.886. The second-order valence-corrected chi connectivity index (χ2v) is 9.06. The summed E-state index contributed by atoms with van der Waals surface area (Å²) in [7, 11) is -3.69. The van der Waals surface area contributed by atoms with Gasteiger partial charge < -0.3 is 5.11 Å². The highest BCUT2D eigenvalue weighted by Gasteiger charge is 2.37. The molecule has 5 nitrogen and oxygen atoms in total. The standard InChI is InChI=1S/C17H25FN2O3S/c1-12-8-13(2)11-19(10-12)24(22,23)20-7-3-4-17(21)15-9-14(18)5-6-16(15)20/h5-6,9,12-13,17,21H,3-4,7-8,10-11H2,1-2H3/t12-,13-,17+/m1/s1. The molecule has 0 spiro atoms. The van der Waals surface area contributed by atoms with Crippen LogP contribution in [0.5, 0.6) is 0 Å². The van der Waals surface area contributed by atoms with Crippen LogP contribution >= 0.6 is 0 Å². The molecule has 0 aromatic heterocycles. The van der Waals surface area contributed by atoms with Gasteiger partial charge in [0.15, 0.2) is 0 Å². The Labute approximate surface area is 143 Å². The molecule has 1 aromatic rings. The van der Waals surface area contributed by atoms with E-state index in [0.717, 1.165) is 6.42 Å². The van der Waals surface area contributed by atoms with E-state index in [-0.39, 0.29) is 0 Å². The molecule has 134 valence electrons. The number of piperidine rings is 1. The van der Waals surface area contributed by atoms with Gasteiger partial charge in [-0.25, -0.2) is 4.39 Å². The van der Waals surface area contributed by atoms with Gasteiger partial charge in [0.1, 0.15) is 5.82 Å². The highest BCUT2D eigenvalue weighted by molar-refractivity contribution is 7.90. The summed E-state index contributed by atoms with van der Waals surface area (Å²) < 4.78 is 42.9. The van der Waals surface area contributed by atoms with Crippen molar-refractivity contribution >= 4 is 15.9 Å². The van der Waals surface area contributed by atoms with Crippen LogP contribution in [0.4, 0.5) is 10.1 Å². The molecule has 3 atom stereocenters. The summed E-state index contributed by atoms with van der Waals surface area (Å²) in [5, 5.41) is 10.2. The molecule has 2 aliphatic rings. The lowest BCUT2D eigenvalue weighted by Gasteiger charge is -2.38. The van der Waals surface area contributed by atoms with Gasteiger partial charge in [-0.2, -0.15) is 12.7 Å². The molecule has 1 N–H and O–H groups in total. The van der Waals surface area contributed by atoms with Crippen molar-refractivity contribution in [2.45, 2.75) is 39.2 Å². The molecule has 0 aliphatic carbocycles. The normalized spacial score (nSPS) is 29.2. The third-order valence-corrected chi connectivity index (χ3v) is 6.78. The minimum Gasteiger partial charge on any atom is -0.388 e. The minimum absolute atomic E-state index is 0.303. The molecule has 0 amide bonds. The van der Waals surface area contributed by atoms with Gasteiger partial charge in [-0.1, -0.05) is 13.8 Å². The van der Waals surface area contributed by atoms with Crippen LogP contribution in [0, 0.1) is 17.7 Å². The fraction of sp³-hybridized carbons (Fsp3) is 0.647. The Hall–Kier alpha value is -1.18. The van der Waals surface area contributed by atoms with Gasteiger partial charge in [0.05, 0.1) is 11.8 Å². The predicted octanol–water partition coefficient (Wildman–Crippen LogP) is 2.68. The maximum Gasteiger partial charge on any atom is 0.304 e. The van der Waals surface area contributed by atoms with Crippen LogP contribution in [0.25, 0.3) is 0 Å². The Morgan fingerprint density at radius 3 is 2.54 bits per heavy atom. The fourth-order valence-corrected chi connectivity index (χ4v) is 5.84. The lowest BCUT2D eigenvalue weighted by Crippen LogP contribution is -2.50. The third kappa shape index (κ3) is 3.30. The number of anilines is 1. The lowest BCUT2D eigenvalue weighted by atomic mass is 9.94. The second kappa shape index (κ2) is 6.61. The number of hydrogen-bond acceptors (Lipinski definition) is 3. The van der Waals surface area contributed by atoms with E-state index in [4.69, 9.17) is 0 Å². The number of halogens is 1. The van der Waals surface area contributed by atoms with Crippen LogP contribution in [0.15, 0.2) is 18.2 Å². The maximum atomic E-state index is 13.6. The van der Waals surface area contributed by atoms with Crippen LogP contribution in [-0.2, 0) is 10.2 Å². The van der Waals surface area contributed by atoms with E-state index in [2.05, 4.69) is 13.8 Å². The summed E-state index contributed by atoms with van der Waals surface area (Å²) in [6.07, 6.45) is 1.15. The van der Waals surface area contributed by atoms with Crippen molar-refractivity contribution in [2.75, 3.05) is 23.9 Å². The Balaban J connectivity index is 2.00. The number of aliphatic hydroxyl groups excluding tert-OH is 1. The zero-order valence-electron chi connectivity index (χ0n) is 14.2. The number of rotatable bonds is 2. The van der Waals surface area contributed by atoms with E-state index in [1.54, 1.807) is 0 Å². The van der Waals surface area contributed by atoms with E-state index in [0.29, 0.717) is 55.6 Å². The largest absolute Gasteiger partial charge is 0.388 e. The molecule has 24 heavy (non-hydrogen) atoms. The molecule has 0 unspecified atom stereocenters. The molecule has 0 radical (unpaired) electrons. The van der Waals surface area contributed by atoms with Gasteiger partial charge in [0.25, 0.3) is 0 Å². The summed E-state index contributed by atoms with van der Waals surface area (Å²) in [4.78, 5) is 0. The predicted molar refractivity (Wildman–Crippen MR) is 91.4 cm³/mol. The zero-order valence-corrected chi connectivity index (χ0v) is 15.0. The average Bonchev–Trinajstić information content (AvgIpc) is 2.66. The topological polar surface area (TPSA) is 60.9 Å². The summed E-state index contributed by atoms with van der Waals surface area (Å²) >= 11 is 0. The number of nitrogens with zero attached hydrogens (tertiary/aromatic N) is 2. The highest BCUT2D eigenvalue weighted by Crippen LogP contribution is 2.36. The molecule has 1 aromatic carbocycles. The van der Waals surface area contributed by atoms with Crippen molar-refractivity contribution in [2.24, 2.45) is 11.8 Å². The van der Waals surface area contributed by atoms with Gasteiger partial charge in [0.2, 0.25) is 0 Å². The SMILES string of the molecule is C[C@@H]1C[C@@H](C)CN(S(=O)(=O)N2CCC[C@H](O)c3cc(F)ccc32)C1. The highest BCUT2D eigenvalue weighted by atomic mass is 32.2. The van der Waals surface area contributed by atoms with Crippen LogP contribution in [0.1, 0.15) is 44.8 Å². The van der Waals surface area contributed by atoms with Crippen LogP contribution < -0.4 is 4.31 Å². The number of hydrogen-bond donors (Lipinski definition) is 1. The Kier molecular flexibility index (Phi) is 4.86. The van der Waals surface area contributed by atoms with E-state index in [9.17, 15) is 17.9 Å². The lowest BCUT2D eigenvalue weighted by molar-refractivity contribution is 0.168. The summed E-state index contributed by atoms with van der Waals surface area (Å²) in [5.41, 5.74) is 0.751. The van der Waals surface area contributed by atoms with E-state index < -0.39 is 22.1 Å². The summed E-state index contributed by atoms with van der Waals surface area (Å²) in [5.74, 6) is 0.162. The van der Waals surface area contributed by atoms with Crippen molar-refractivity contribution in [1.29, 1.82) is 0 Å². The van der Waals surface area contributed by atoms with E-state index in [1.807, 2.05) is 0 Å². The van der Waals surface area contributed by atoms with E-state index in [1.165, 1.54) is 26.8 Å². The first-order valence-electron chi connectivity index (χ1n) is 8.54. The van der Waals surface area contributed by atoms with Crippen molar-refractivity contribution in [1.82, 2.24) is 4.31 Å². The molecular formula is C17H25FN2O3S. The molecule has 3 rings (SSSR count). The van der Waals surface area contributed by atoms with Crippen molar-refractivity contribution < 1.29 is 17.9 Å². The third-order valence-electron chi connectivity index (χ3n) is 4.90. The van der Waals surface area contributed by atoms with Crippen molar-refractivity contribution in [3.63, 3.8) is 0 Å². The molecule has 2 heterocycles. The molecule has 2 aliphatic heterocycles. The summed E-state index contributed by atoms with van der Waals surface area (Å²) in [6.45, 7) is 5.43. The first-order valence-corrected chi connectivity index (χ1v) is 9.94. The Morgan fingerprint density at radius 1 is 1.21 bits per heavy atom. The molecule has 1 saturated heterocycles. The van der Waals surface area contributed by atoms with Gasteiger partial charge in [-0.05, 0) is 49.3 Å².